The third-order valence-electron chi connectivity index (χ3n) is 4.91. The van der Waals surface area contributed by atoms with Crippen molar-refractivity contribution in [1.82, 2.24) is 5.32 Å². The zero-order valence-corrected chi connectivity index (χ0v) is 18.1. The molecule has 1 fully saturated rings. The summed E-state index contributed by atoms with van der Waals surface area (Å²) >= 11 is 5.21. The number of hydrogen-bond acceptors (Lipinski definition) is 6. The number of anilines is 1. The summed E-state index contributed by atoms with van der Waals surface area (Å²) in [6, 6.07) is 17.3. The van der Waals surface area contributed by atoms with E-state index in [0.717, 1.165) is 5.56 Å². The van der Waals surface area contributed by atoms with Crippen molar-refractivity contribution < 1.29 is 23.5 Å². The maximum atomic E-state index is 13.1. The van der Waals surface area contributed by atoms with Gasteiger partial charge >= 0.3 is 5.97 Å². The number of amides is 2. The summed E-state index contributed by atoms with van der Waals surface area (Å²) in [5.41, 5.74) is 2.32. The van der Waals surface area contributed by atoms with Gasteiger partial charge in [-0.05, 0) is 55.5 Å². The summed E-state index contributed by atoms with van der Waals surface area (Å²) in [6.45, 7) is 1.93. The van der Waals surface area contributed by atoms with E-state index in [-0.39, 0.29) is 16.4 Å². The molecule has 1 aromatic heterocycles. The molecule has 8 heteroatoms. The SMILES string of the molecule is COC(=O)c1ccccc1-c1ccc(/C=C2\C(=O)NC(=S)N(c3ccc(C)cc3)C2=O)o1. The Morgan fingerprint density at radius 1 is 1.06 bits per heavy atom. The number of hydrogen-bond donors (Lipinski definition) is 1. The number of carbonyl (C=O) groups is 3. The lowest BCUT2D eigenvalue weighted by Crippen LogP contribution is -2.54. The average molecular weight is 446 g/mol. The van der Waals surface area contributed by atoms with Crippen LogP contribution in [-0.2, 0) is 14.3 Å². The number of nitrogens with one attached hydrogen (secondary N) is 1. The van der Waals surface area contributed by atoms with Crippen molar-refractivity contribution in [2.75, 3.05) is 12.0 Å². The Bertz CT molecular complexity index is 1270. The predicted molar refractivity (Wildman–Crippen MR) is 123 cm³/mol. The molecule has 2 amide bonds. The fourth-order valence-corrected chi connectivity index (χ4v) is 3.57. The first-order valence-corrected chi connectivity index (χ1v) is 10.1. The Hall–Kier alpha value is -4.04. The molecule has 0 spiro atoms. The van der Waals surface area contributed by atoms with Crippen molar-refractivity contribution in [3.8, 4) is 11.3 Å². The lowest BCUT2D eigenvalue weighted by atomic mass is 10.1. The van der Waals surface area contributed by atoms with Gasteiger partial charge in [0.25, 0.3) is 11.8 Å². The van der Waals surface area contributed by atoms with Crippen LogP contribution in [0.4, 0.5) is 5.69 Å². The molecular formula is C24H18N2O5S. The van der Waals surface area contributed by atoms with Crippen molar-refractivity contribution in [3.05, 3.63) is 83.1 Å². The summed E-state index contributed by atoms with van der Waals surface area (Å²) in [5.74, 6) is -1.00. The molecule has 1 N–H and O–H groups in total. The number of aryl methyl sites for hydroxylation is 1. The van der Waals surface area contributed by atoms with Gasteiger partial charge in [0.2, 0.25) is 0 Å². The van der Waals surface area contributed by atoms with E-state index >= 15 is 0 Å². The number of furan rings is 1. The van der Waals surface area contributed by atoms with Crippen LogP contribution < -0.4 is 10.2 Å². The van der Waals surface area contributed by atoms with E-state index in [0.29, 0.717) is 22.6 Å². The number of thiocarbonyl (C=S) groups is 1. The maximum Gasteiger partial charge on any atom is 0.338 e. The molecule has 2 heterocycles. The molecule has 0 saturated carbocycles. The number of benzene rings is 2. The molecule has 1 aliphatic rings. The van der Waals surface area contributed by atoms with Crippen LogP contribution in [0.3, 0.4) is 0 Å². The number of carbonyl (C=O) groups excluding carboxylic acids is 3. The number of ether oxygens (including phenoxy) is 1. The minimum atomic E-state index is -0.615. The zero-order chi connectivity index (χ0) is 22.8. The molecule has 4 rings (SSSR count). The van der Waals surface area contributed by atoms with E-state index in [4.69, 9.17) is 21.4 Å². The van der Waals surface area contributed by atoms with Crippen LogP contribution in [0, 0.1) is 6.92 Å². The standard InChI is InChI=1S/C24H18N2O5S/c1-14-7-9-15(10-8-14)26-22(28)19(21(27)25-24(26)32)13-16-11-12-20(31-16)17-5-3-4-6-18(17)23(29)30-2/h3-13H,1-2H3,(H,25,27,32)/b19-13+. The molecular weight excluding hydrogens is 428 g/mol. The zero-order valence-electron chi connectivity index (χ0n) is 17.2. The van der Waals surface area contributed by atoms with Crippen LogP contribution in [-0.4, -0.2) is 30.0 Å². The summed E-state index contributed by atoms with van der Waals surface area (Å²) in [6.07, 6.45) is 1.35. The highest BCUT2D eigenvalue weighted by Gasteiger charge is 2.34. The number of rotatable bonds is 4. The van der Waals surface area contributed by atoms with E-state index in [1.54, 1.807) is 48.5 Å². The lowest BCUT2D eigenvalue weighted by molar-refractivity contribution is -0.122. The monoisotopic (exact) mass is 446 g/mol. The van der Waals surface area contributed by atoms with Gasteiger partial charge < -0.3 is 9.15 Å². The van der Waals surface area contributed by atoms with Gasteiger partial charge in [0.05, 0.1) is 18.4 Å². The first kappa shape index (κ1) is 21.2. The molecule has 32 heavy (non-hydrogen) atoms. The van der Waals surface area contributed by atoms with E-state index in [1.807, 2.05) is 19.1 Å². The minimum absolute atomic E-state index is 0.00754. The van der Waals surface area contributed by atoms with Crippen LogP contribution >= 0.6 is 12.2 Å². The Kier molecular flexibility index (Phi) is 5.70. The molecule has 2 aromatic carbocycles. The van der Waals surface area contributed by atoms with Gasteiger partial charge in [0.1, 0.15) is 17.1 Å². The van der Waals surface area contributed by atoms with Gasteiger partial charge in [-0.3, -0.25) is 19.8 Å². The smallest absolute Gasteiger partial charge is 0.338 e. The molecule has 1 aliphatic heterocycles. The second-order valence-electron chi connectivity index (χ2n) is 7.03. The van der Waals surface area contributed by atoms with Crippen molar-refractivity contribution in [2.24, 2.45) is 0 Å². The second kappa shape index (κ2) is 8.60. The van der Waals surface area contributed by atoms with Gasteiger partial charge in [-0.15, -0.1) is 0 Å². The fourth-order valence-electron chi connectivity index (χ4n) is 3.29. The van der Waals surface area contributed by atoms with E-state index in [2.05, 4.69) is 5.32 Å². The molecule has 3 aromatic rings. The van der Waals surface area contributed by atoms with Crippen molar-refractivity contribution in [3.63, 3.8) is 0 Å². The van der Waals surface area contributed by atoms with Gasteiger partial charge in [-0.25, -0.2) is 4.79 Å². The third-order valence-corrected chi connectivity index (χ3v) is 5.19. The van der Waals surface area contributed by atoms with Crippen LogP contribution in [0.5, 0.6) is 0 Å². The highest BCUT2D eigenvalue weighted by atomic mass is 32.1. The molecule has 160 valence electrons. The fraction of sp³-hybridized carbons (Fsp3) is 0.0833. The van der Waals surface area contributed by atoms with Crippen LogP contribution in [0.15, 0.2) is 70.7 Å². The Balaban J connectivity index is 1.69. The summed E-state index contributed by atoms with van der Waals surface area (Å²) in [5, 5.41) is 2.55. The van der Waals surface area contributed by atoms with E-state index in [1.165, 1.54) is 18.1 Å². The van der Waals surface area contributed by atoms with E-state index in [9.17, 15) is 14.4 Å². The number of nitrogens with zero attached hydrogens (tertiary/aromatic N) is 1. The van der Waals surface area contributed by atoms with Crippen LogP contribution in [0.2, 0.25) is 0 Å². The molecule has 0 bridgehead atoms. The molecule has 0 aliphatic carbocycles. The molecule has 7 nitrogen and oxygen atoms in total. The van der Waals surface area contributed by atoms with Gasteiger partial charge in [0.15, 0.2) is 5.11 Å². The summed E-state index contributed by atoms with van der Waals surface area (Å²) < 4.78 is 10.6. The topological polar surface area (TPSA) is 88.9 Å². The van der Waals surface area contributed by atoms with Crippen molar-refractivity contribution in [2.45, 2.75) is 6.92 Å². The predicted octanol–water partition coefficient (Wildman–Crippen LogP) is 3.87. The Morgan fingerprint density at radius 2 is 1.78 bits per heavy atom. The van der Waals surface area contributed by atoms with Gasteiger partial charge in [0, 0.05) is 5.56 Å². The number of esters is 1. The first-order chi connectivity index (χ1) is 15.4. The Labute approximate surface area is 189 Å². The normalized spacial score (nSPS) is 15.1. The number of methoxy groups -OCH3 is 1. The first-order valence-electron chi connectivity index (χ1n) is 9.64. The Morgan fingerprint density at radius 3 is 2.50 bits per heavy atom. The van der Waals surface area contributed by atoms with Gasteiger partial charge in [-0.2, -0.15) is 0 Å². The third kappa shape index (κ3) is 3.95. The summed E-state index contributed by atoms with van der Waals surface area (Å²) in [4.78, 5) is 38.9. The van der Waals surface area contributed by atoms with Gasteiger partial charge in [-0.1, -0.05) is 35.9 Å². The molecule has 0 unspecified atom stereocenters. The minimum Gasteiger partial charge on any atom is -0.465 e. The highest BCUT2D eigenvalue weighted by molar-refractivity contribution is 7.80. The van der Waals surface area contributed by atoms with Crippen LogP contribution in [0.1, 0.15) is 21.7 Å². The van der Waals surface area contributed by atoms with Crippen LogP contribution in [0.25, 0.3) is 17.4 Å². The molecule has 0 radical (unpaired) electrons. The average Bonchev–Trinajstić information content (AvgIpc) is 3.26. The van der Waals surface area contributed by atoms with Crippen molar-refractivity contribution in [1.29, 1.82) is 0 Å². The lowest BCUT2D eigenvalue weighted by Gasteiger charge is -2.28. The van der Waals surface area contributed by atoms with E-state index < -0.39 is 17.8 Å². The quantitative estimate of drug-likeness (QED) is 0.283. The highest BCUT2D eigenvalue weighted by Crippen LogP contribution is 2.28. The largest absolute Gasteiger partial charge is 0.465 e. The summed E-state index contributed by atoms with van der Waals surface area (Å²) in [7, 11) is 1.30. The maximum absolute atomic E-state index is 13.1. The molecule has 0 atom stereocenters. The molecule has 1 saturated heterocycles. The second-order valence-corrected chi connectivity index (χ2v) is 7.42. The van der Waals surface area contributed by atoms with Crippen molar-refractivity contribution >= 4 is 46.9 Å².